The number of nitrogens with zero attached hydrogens (tertiary/aromatic N) is 2. The molecule has 1 unspecified atom stereocenters. The number of pyridine rings is 2. The highest BCUT2D eigenvalue weighted by atomic mass is 19.3. The molecule has 162 valence electrons. The second-order valence-electron chi connectivity index (χ2n) is 7.47. The van der Waals surface area contributed by atoms with Crippen LogP contribution in [0.2, 0.25) is 0 Å². The first-order valence-electron chi connectivity index (χ1n) is 10.3. The van der Waals surface area contributed by atoms with E-state index in [4.69, 9.17) is 4.74 Å². The van der Waals surface area contributed by atoms with Gasteiger partial charge < -0.3 is 4.74 Å². The normalized spacial score (nSPS) is 12.1. The van der Waals surface area contributed by atoms with Crippen LogP contribution in [0.4, 0.5) is 13.2 Å². The molecule has 2 aromatic heterocycles. The summed E-state index contributed by atoms with van der Waals surface area (Å²) in [6.07, 6.45) is 1.12. The number of aromatic nitrogens is 2. The fourth-order valence-electron chi connectivity index (χ4n) is 3.34. The summed E-state index contributed by atoms with van der Waals surface area (Å²) >= 11 is 0. The van der Waals surface area contributed by atoms with Gasteiger partial charge in [-0.3, -0.25) is 9.97 Å². The van der Waals surface area contributed by atoms with E-state index >= 15 is 0 Å². The van der Waals surface area contributed by atoms with Crippen molar-refractivity contribution in [1.29, 1.82) is 0 Å². The average molecular weight is 419 g/mol. The summed E-state index contributed by atoms with van der Waals surface area (Å²) in [6, 6.07) is 7.15. The van der Waals surface area contributed by atoms with E-state index in [0.29, 0.717) is 34.7 Å². The van der Waals surface area contributed by atoms with E-state index in [2.05, 4.69) is 23.8 Å². The van der Waals surface area contributed by atoms with Crippen LogP contribution in [0.3, 0.4) is 0 Å². The minimum Gasteiger partial charge on any atom is -0.491 e. The Morgan fingerprint density at radius 1 is 1.00 bits per heavy atom. The summed E-state index contributed by atoms with van der Waals surface area (Å²) in [5.74, 6) is 0.417. The molecule has 0 fully saturated rings. The minimum atomic E-state index is -2.71. The Morgan fingerprint density at radius 3 is 2.40 bits per heavy atom. The van der Waals surface area contributed by atoms with Gasteiger partial charge in [-0.1, -0.05) is 34.6 Å². The fraction of sp³-hybridized carbons (Fsp3) is 0.417. The van der Waals surface area contributed by atoms with Gasteiger partial charge in [-0.2, -0.15) is 0 Å². The smallest absolute Gasteiger partial charge is 0.267 e. The van der Waals surface area contributed by atoms with Crippen molar-refractivity contribution in [3.63, 3.8) is 0 Å². The molecule has 3 aromatic rings. The summed E-state index contributed by atoms with van der Waals surface area (Å²) in [5.41, 5.74) is 1.23. The first-order valence-corrected chi connectivity index (χ1v) is 10.3. The molecule has 1 atom stereocenters. The second kappa shape index (κ2) is 11.0. The van der Waals surface area contributed by atoms with Gasteiger partial charge in [-0.15, -0.1) is 0 Å². The van der Waals surface area contributed by atoms with Crippen molar-refractivity contribution < 1.29 is 17.9 Å². The molecule has 0 spiro atoms. The molecule has 3 nitrogen and oxygen atoms in total. The van der Waals surface area contributed by atoms with Gasteiger partial charge in [0.15, 0.2) is 0 Å². The maximum atomic E-state index is 13.7. The summed E-state index contributed by atoms with van der Waals surface area (Å²) in [4.78, 5) is 8.49. The number of fused-ring (bicyclic) bond motifs is 1. The first-order chi connectivity index (χ1) is 14.3. The Bertz CT molecular complexity index is 960. The molecule has 0 aliphatic carbocycles. The molecule has 3 rings (SSSR count). The van der Waals surface area contributed by atoms with E-state index in [0.717, 1.165) is 6.42 Å². The molecule has 30 heavy (non-hydrogen) atoms. The van der Waals surface area contributed by atoms with Gasteiger partial charge in [-0.05, 0) is 48.6 Å². The zero-order valence-electron chi connectivity index (χ0n) is 18.1. The molecule has 0 aliphatic rings. The Labute approximate surface area is 176 Å². The van der Waals surface area contributed by atoms with Crippen molar-refractivity contribution in [2.45, 2.75) is 47.5 Å². The lowest BCUT2D eigenvalue weighted by Gasteiger charge is -2.17. The van der Waals surface area contributed by atoms with Crippen molar-refractivity contribution in [1.82, 2.24) is 9.97 Å². The average Bonchev–Trinajstić information content (AvgIpc) is 2.72. The highest BCUT2D eigenvalue weighted by Crippen LogP contribution is 2.34. The van der Waals surface area contributed by atoms with Gasteiger partial charge in [0.25, 0.3) is 6.43 Å². The third kappa shape index (κ3) is 5.94. The Hall–Kier alpha value is -2.63. The van der Waals surface area contributed by atoms with Crippen molar-refractivity contribution in [2.24, 2.45) is 11.8 Å². The van der Waals surface area contributed by atoms with Gasteiger partial charge in [0.05, 0.1) is 29.6 Å². The van der Waals surface area contributed by atoms with E-state index in [9.17, 15) is 13.2 Å². The third-order valence-electron chi connectivity index (χ3n) is 4.51. The number of ether oxygens (including phenoxy) is 1. The number of hydrogen-bond acceptors (Lipinski definition) is 3. The van der Waals surface area contributed by atoms with Crippen LogP contribution in [0.5, 0.6) is 5.75 Å². The third-order valence-corrected chi connectivity index (χ3v) is 4.51. The molecule has 0 N–H and O–H groups in total. The van der Waals surface area contributed by atoms with Crippen LogP contribution in [0.25, 0.3) is 22.2 Å². The minimum absolute atomic E-state index is 0.0823. The van der Waals surface area contributed by atoms with Crippen molar-refractivity contribution >= 4 is 10.9 Å². The maximum absolute atomic E-state index is 13.7. The monoisotopic (exact) mass is 418 g/mol. The summed E-state index contributed by atoms with van der Waals surface area (Å²) in [5, 5.41) is 0.523. The molecule has 0 aliphatic heterocycles. The molecule has 0 bridgehead atoms. The van der Waals surface area contributed by atoms with E-state index in [1.165, 1.54) is 24.4 Å². The van der Waals surface area contributed by atoms with Crippen molar-refractivity contribution in [3.05, 3.63) is 54.1 Å². The standard InChI is InChI=1S/C22H23F3N2O.C2H6/c1-13(2)8-14(3)12-28-21-11-27-20(10-18(21)22(24)25)16-6-7-26-19-5-4-15(23)9-17(16)19;1-2/h4-7,9-11,13-14,22H,8,12H2,1-3H3;1-2H3. The van der Waals surface area contributed by atoms with Gasteiger partial charge in [-0.25, -0.2) is 13.2 Å². The second-order valence-corrected chi connectivity index (χ2v) is 7.47. The summed E-state index contributed by atoms with van der Waals surface area (Å²) in [6.45, 7) is 10.6. The van der Waals surface area contributed by atoms with Gasteiger partial charge in [0.2, 0.25) is 0 Å². The topological polar surface area (TPSA) is 35.0 Å². The molecule has 6 heteroatoms. The molecular weight excluding hydrogens is 389 g/mol. The zero-order valence-corrected chi connectivity index (χ0v) is 18.1. The van der Waals surface area contributed by atoms with Crippen LogP contribution in [-0.2, 0) is 0 Å². The predicted octanol–water partition coefficient (Wildman–Crippen LogP) is 7.46. The molecule has 0 amide bonds. The number of rotatable bonds is 7. The lowest BCUT2D eigenvalue weighted by molar-refractivity contribution is 0.142. The largest absolute Gasteiger partial charge is 0.491 e. The van der Waals surface area contributed by atoms with E-state index in [-0.39, 0.29) is 17.2 Å². The Kier molecular flexibility index (Phi) is 8.63. The highest BCUT2D eigenvalue weighted by Gasteiger charge is 2.18. The molecule has 1 aromatic carbocycles. The molecule has 2 heterocycles. The molecule has 0 radical (unpaired) electrons. The van der Waals surface area contributed by atoms with E-state index in [1.54, 1.807) is 18.3 Å². The Morgan fingerprint density at radius 2 is 1.73 bits per heavy atom. The van der Waals surface area contributed by atoms with Gasteiger partial charge in [0, 0.05) is 17.1 Å². The lowest BCUT2D eigenvalue weighted by atomic mass is 10.00. The van der Waals surface area contributed by atoms with Crippen LogP contribution in [0.1, 0.15) is 53.0 Å². The van der Waals surface area contributed by atoms with Crippen LogP contribution < -0.4 is 4.74 Å². The SMILES string of the molecule is CC.CC(C)CC(C)COc1cnc(-c2ccnc3ccc(F)cc23)cc1C(F)F. The van der Waals surface area contributed by atoms with E-state index < -0.39 is 12.2 Å². The van der Waals surface area contributed by atoms with Crippen molar-refractivity contribution in [2.75, 3.05) is 6.61 Å². The van der Waals surface area contributed by atoms with Crippen LogP contribution >= 0.6 is 0 Å². The van der Waals surface area contributed by atoms with E-state index in [1.807, 2.05) is 20.8 Å². The molecular formula is C24H29F3N2O. The number of hydrogen-bond donors (Lipinski definition) is 0. The fourth-order valence-corrected chi connectivity index (χ4v) is 3.34. The molecule has 0 saturated carbocycles. The van der Waals surface area contributed by atoms with Crippen LogP contribution in [0, 0.1) is 17.7 Å². The highest BCUT2D eigenvalue weighted by molar-refractivity contribution is 5.93. The van der Waals surface area contributed by atoms with Gasteiger partial charge in [0.1, 0.15) is 11.6 Å². The van der Waals surface area contributed by atoms with Crippen molar-refractivity contribution in [3.8, 4) is 17.0 Å². The number of benzene rings is 1. The zero-order chi connectivity index (χ0) is 22.3. The lowest BCUT2D eigenvalue weighted by Crippen LogP contribution is -2.12. The maximum Gasteiger partial charge on any atom is 0.267 e. The summed E-state index contributed by atoms with van der Waals surface area (Å²) < 4.78 is 46.6. The predicted molar refractivity (Wildman–Crippen MR) is 115 cm³/mol. The first kappa shape index (κ1) is 23.6. The summed E-state index contributed by atoms with van der Waals surface area (Å²) in [7, 11) is 0. The van der Waals surface area contributed by atoms with Crippen LogP contribution in [0.15, 0.2) is 42.7 Å². The number of halogens is 3. The molecule has 0 saturated heterocycles. The number of alkyl halides is 2. The van der Waals surface area contributed by atoms with Gasteiger partial charge >= 0.3 is 0 Å². The van der Waals surface area contributed by atoms with Crippen LogP contribution in [-0.4, -0.2) is 16.6 Å². The quantitative estimate of drug-likeness (QED) is 0.399. The Balaban J connectivity index is 0.00000155.